The first kappa shape index (κ1) is 14.9. The Morgan fingerprint density at radius 3 is 2.58 bits per heavy atom. The molecule has 0 spiro atoms. The second kappa shape index (κ2) is 8.91. The standard InChI is InChI=1S/C13H22N6/c1-3-5-7-9-15-12-17-11(14)18-13(19-12)16-10-8-6-4-2/h3,6,8H,1,4-5,7,9-10H2,2H3,(H4,14,15,16,17,18,19). The third kappa shape index (κ3) is 6.40. The van der Waals surface area contributed by atoms with Crippen LogP contribution in [0.15, 0.2) is 24.8 Å². The smallest absolute Gasteiger partial charge is 0.229 e. The molecule has 1 heterocycles. The minimum absolute atomic E-state index is 0.211. The van der Waals surface area contributed by atoms with Gasteiger partial charge >= 0.3 is 0 Å². The van der Waals surface area contributed by atoms with Gasteiger partial charge in [-0.2, -0.15) is 15.0 Å². The van der Waals surface area contributed by atoms with Crippen LogP contribution in [0, 0.1) is 0 Å². The van der Waals surface area contributed by atoms with Crippen LogP contribution in [0.2, 0.25) is 0 Å². The minimum atomic E-state index is 0.211. The molecule has 0 aliphatic heterocycles. The van der Waals surface area contributed by atoms with E-state index < -0.39 is 0 Å². The number of aromatic nitrogens is 3. The van der Waals surface area contributed by atoms with Gasteiger partial charge in [0.25, 0.3) is 0 Å². The van der Waals surface area contributed by atoms with E-state index in [1.165, 1.54) is 0 Å². The Balaban J connectivity index is 2.50. The molecule has 0 aliphatic carbocycles. The fraction of sp³-hybridized carbons (Fsp3) is 0.462. The minimum Gasteiger partial charge on any atom is -0.368 e. The SMILES string of the molecule is C=CCCCNc1nc(N)nc(NCC=CCC)n1. The third-order valence-corrected chi connectivity index (χ3v) is 2.30. The van der Waals surface area contributed by atoms with Crippen molar-refractivity contribution in [3.63, 3.8) is 0 Å². The van der Waals surface area contributed by atoms with Gasteiger partial charge < -0.3 is 16.4 Å². The van der Waals surface area contributed by atoms with Crippen molar-refractivity contribution in [1.82, 2.24) is 15.0 Å². The summed E-state index contributed by atoms with van der Waals surface area (Å²) in [6, 6.07) is 0. The zero-order valence-electron chi connectivity index (χ0n) is 11.4. The maximum absolute atomic E-state index is 5.64. The Hall–Kier alpha value is -2.11. The molecule has 6 heteroatoms. The van der Waals surface area contributed by atoms with Crippen molar-refractivity contribution in [3.05, 3.63) is 24.8 Å². The number of rotatable bonds is 9. The van der Waals surface area contributed by atoms with E-state index in [1.807, 2.05) is 12.2 Å². The van der Waals surface area contributed by atoms with E-state index in [2.05, 4.69) is 45.2 Å². The second-order valence-electron chi connectivity index (χ2n) is 3.96. The monoisotopic (exact) mass is 262 g/mol. The van der Waals surface area contributed by atoms with Crippen molar-refractivity contribution in [2.24, 2.45) is 0 Å². The summed E-state index contributed by atoms with van der Waals surface area (Å²) in [7, 11) is 0. The van der Waals surface area contributed by atoms with Gasteiger partial charge in [0.1, 0.15) is 0 Å². The number of allylic oxidation sites excluding steroid dienone is 2. The average molecular weight is 262 g/mol. The summed E-state index contributed by atoms with van der Waals surface area (Å²) < 4.78 is 0. The lowest BCUT2D eigenvalue weighted by molar-refractivity contribution is 0.874. The van der Waals surface area contributed by atoms with Crippen molar-refractivity contribution < 1.29 is 0 Å². The molecule has 1 aromatic rings. The molecule has 4 N–H and O–H groups in total. The summed E-state index contributed by atoms with van der Waals surface area (Å²) in [6.45, 7) is 7.22. The highest BCUT2D eigenvalue weighted by atomic mass is 15.2. The average Bonchev–Trinajstić information content (AvgIpc) is 2.39. The van der Waals surface area contributed by atoms with Gasteiger partial charge in [0.05, 0.1) is 0 Å². The number of nitrogen functional groups attached to an aromatic ring is 1. The van der Waals surface area contributed by atoms with Crippen molar-refractivity contribution in [3.8, 4) is 0 Å². The van der Waals surface area contributed by atoms with Crippen LogP contribution >= 0.6 is 0 Å². The molecule has 0 fully saturated rings. The first-order chi connectivity index (χ1) is 9.26. The molecular formula is C13H22N6. The summed E-state index contributed by atoms with van der Waals surface area (Å²) in [6.07, 6.45) is 8.94. The number of hydrogen-bond donors (Lipinski definition) is 3. The Labute approximate surface area is 114 Å². The third-order valence-electron chi connectivity index (χ3n) is 2.30. The van der Waals surface area contributed by atoms with Crippen molar-refractivity contribution in [1.29, 1.82) is 0 Å². The summed E-state index contributed by atoms with van der Waals surface area (Å²) in [5.74, 6) is 1.20. The van der Waals surface area contributed by atoms with Crippen LogP contribution in [0.5, 0.6) is 0 Å². The van der Waals surface area contributed by atoms with Gasteiger partial charge in [0, 0.05) is 13.1 Å². The van der Waals surface area contributed by atoms with E-state index in [0.29, 0.717) is 18.4 Å². The fourth-order valence-electron chi connectivity index (χ4n) is 1.40. The van der Waals surface area contributed by atoms with E-state index >= 15 is 0 Å². The Morgan fingerprint density at radius 2 is 1.89 bits per heavy atom. The first-order valence-electron chi connectivity index (χ1n) is 6.51. The van der Waals surface area contributed by atoms with Crippen LogP contribution in [0.25, 0.3) is 0 Å². The largest absolute Gasteiger partial charge is 0.368 e. The zero-order chi connectivity index (χ0) is 13.9. The molecule has 104 valence electrons. The molecule has 0 unspecified atom stereocenters. The van der Waals surface area contributed by atoms with Crippen LogP contribution in [0.3, 0.4) is 0 Å². The first-order valence-corrected chi connectivity index (χ1v) is 6.51. The summed E-state index contributed by atoms with van der Waals surface area (Å²) >= 11 is 0. The van der Waals surface area contributed by atoms with Gasteiger partial charge in [0.15, 0.2) is 0 Å². The predicted molar refractivity (Wildman–Crippen MR) is 80.1 cm³/mol. The lowest BCUT2D eigenvalue weighted by atomic mass is 10.3. The molecule has 1 rings (SSSR count). The molecular weight excluding hydrogens is 240 g/mol. The van der Waals surface area contributed by atoms with Gasteiger partial charge in [-0.3, -0.25) is 0 Å². The summed E-state index contributed by atoms with van der Waals surface area (Å²) in [5.41, 5.74) is 5.64. The van der Waals surface area contributed by atoms with E-state index in [-0.39, 0.29) is 5.95 Å². The molecule has 0 amide bonds. The summed E-state index contributed by atoms with van der Waals surface area (Å²) in [4.78, 5) is 12.3. The molecule has 6 nitrogen and oxygen atoms in total. The van der Waals surface area contributed by atoms with Crippen LogP contribution in [0.4, 0.5) is 17.8 Å². The van der Waals surface area contributed by atoms with E-state index in [0.717, 1.165) is 25.8 Å². The van der Waals surface area contributed by atoms with Gasteiger partial charge in [-0.15, -0.1) is 6.58 Å². The summed E-state index contributed by atoms with van der Waals surface area (Å²) in [5, 5.41) is 6.19. The van der Waals surface area contributed by atoms with Crippen LogP contribution < -0.4 is 16.4 Å². The highest BCUT2D eigenvalue weighted by molar-refractivity contribution is 5.40. The van der Waals surface area contributed by atoms with Crippen LogP contribution in [0.1, 0.15) is 26.2 Å². The zero-order valence-corrected chi connectivity index (χ0v) is 11.4. The van der Waals surface area contributed by atoms with Gasteiger partial charge in [-0.05, 0) is 19.3 Å². The maximum Gasteiger partial charge on any atom is 0.229 e. The van der Waals surface area contributed by atoms with Crippen molar-refractivity contribution in [2.75, 3.05) is 29.5 Å². The van der Waals surface area contributed by atoms with Crippen LogP contribution in [-0.2, 0) is 0 Å². The normalized spacial score (nSPS) is 10.6. The molecule has 0 saturated heterocycles. The molecule has 0 atom stereocenters. The number of nitrogens with one attached hydrogen (secondary N) is 2. The maximum atomic E-state index is 5.64. The van der Waals surface area contributed by atoms with Crippen molar-refractivity contribution >= 4 is 17.8 Å². The lowest BCUT2D eigenvalue weighted by Crippen LogP contribution is -2.11. The van der Waals surface area contributed by atoms with E-state index in [1.54, 1.807) is 0 Å². The Kier molecular flexibility index (Phi) is 7.01. The van der Waals surface area contributed by atoms with E-state index in [9.17, 15) is 0 Å². The molecule has 0 radical (unpaired) electrons. The molecule has 0 aliphatic rings. The Bertz CT molecular complexity index is 416. The van der Waals surface area contributed by atoms with E-state index in [4.69, 9.17) is 5.73 Å². The van der Waals surface area contributed by atoms with Crippen molar-refractivity contribution in [2.45, 2.75) is 26.2 Å². The molecule has 0 saturated carbocycles. The van der Waals surface area contributed by atoms with Gasteiger partial charge in [-0.25, -0.2) is 0 Å². The number of nitrogens with two attached hydrogens (primary N) is 1. The number of nitrogens with zero attached hydrogens (tertiary/aromatic N) is 3. The molecule has 0 bridgehead atoms. The highest BCUT2D eigenvalue weighted by Crippen LogP contribution is 2.06. The molecule has 0 aromatic carbocycles. The number of hydrogen-bond acceptors (Lipinski definition) is 6. The topological polar surface area (TPSA) is 88.8 Å². The quantitative estimate of drug-likeness (QED) is 0.467. The lowest BCUT2D eigenvalue weighted by Gasteiger charge is -2.07. The molecule has 19 heavy (non-hydrogen) atoms. The predicted octanol–water partition coefficient (Wildman–Crippen LogP) is 2.21. The second-order valence-corrected chi connectivity index (χ2v) is 3.96. The number of unbranched alkanes of at least 4 members (excludes halogenated alkanes) is 1. The number of anilines is 3. The van der Waals surface area contributed by atoms with Crippen LogP contribution in [-0.4, -0.2) is 28.0 Å². The van der Waals surface area contributed by atoms with Gasteiger partial charge in [0.2, 0.25) is 17.8 Å². The van der Waals surface area contributed by atoms with Gasteiger partial charge in [-0.1, -0.05) is 25.2 Å². The highest BCUT2D eigenvalue weighted by Gasteiger charge is 2.02. The Morgan fingerprint density at radius 1 is 1.16 bits per heavy atom. The molecule has 1 aromatic heterocycles. The fourth-order valence-corrected chi connectivity index (χ4v) is 1.40.